The molecule has 0 unspecified atom stereocenters. The summed E-state index contributed by atoms with van der Waals surface area (Å²) in [6.07, 6.45) is 11.4. The third-order valence-corrected chi connectivity index (χ3v) is 2.71. The summed E-state index contributed by atoms with van der Waals surface area (Å²) >= 11 is 0. The van der Waals surface area contributed by atoms with Crippen LogP contribution >= 0.6 is 0 Å². The van der Waals surface area contributed by atoms with Crippen LogP contribution in [-0.4, -0.2) is 0 Å². The molecule has 0 aromatic rings. The van der Waals surface area contributed by atoms with Gasteiger partial charge in [0.15, 0.2) is 0 Å². The van der Waals surface area contributed by atoms with E-state index >= 15 is 0 Å². The molecule has 2 aliphatic carbocycles. The highest BCUT2D eigenvalue weighted by Crippen LogP contribution is 2.55. The van der Waals surface area contributed by atoms with Crippen LogP contribution in [0.2, 0.25) is 0 Å². The molecular formula is C8H13. The normalized spacial score (nSPS) is 33.0. The van der Waals surface area contributed by atoms with Crippen LogP contribution in [0.15, 0.2) is 0 Å². The summed E-state index contributed by atoms with van der Waals surface area (Å²) in [7, 11) is 0. The van der Waals surface area contributed by atoms with Crippen molar-refractivity contribution in [3.05, 3.63) is 6.42 Å². The number of hydrogen-bond donors (Lipinski definition) is 0. The molecule has 0 heteroatoms. The minimum absolute atomic E-state index is 0.898. The lowest BCUT2D eigenvalue weighted by molar-refractivity contribution is 0.383. The van der Waals surface area contributed by atoms with Gasteiger partial charge in [0.2, 0.25) is 0 Å². The van der Waals surface area contributed by atoms with E-state index in [1.807, 2.05) is 0 Å². The quantitative estimate of drug-likeness (QED) is 0.448. The van der Waals surface area contributed by atoms with Crippen molar-refractivity contribution in [2.75, 3.05) is 0 Å². The van der Waals surface area contributed by atoms with E-state index in [0.29, 0.717) is 0 Å². The molecule has 0 heterocycles. The third-order valence-electron chi connectivity index (χ3n) is 2.71. The summed E-state index contributed by atoms with van der Waals surface area (Å²) in [5.74, 6) is 0. The van der Waals surface area contributed by atoms with E-state index in [-0.39, 0.29) is 0 Å². The summed E-state index contributed by atoms with van der Waals surface area (Å²) in [5.41, 5.74) is 0.898. The van der Waals surface area contributed by atoms with Crippen LogP contribution in [0.5, 0.6) is 0 Å². The Morgan fingerprint density at radius 2 is 1.50 bits per heavy atom. The molecule has 0 amide bonds. The zero-order valence-electron chi connectivity index (χ0n) is 5.32. The molecule has 1 radical (unpaired) electrons. The van der Waals surface area contributed by atoms with Gasteiger partial charge in [0.1, 0.15) is 0 Å². The molecule has 45 valence electrons. The molecule has 0 atom stereocenters. The first kappa shape index (κ1) is 4.84. The second kappa shape index (κ2) is 1.49. The van der Waals surface area contributed by atoms with E-state index in [1.54, 1.807) is 12.8 Å². The number of rotatable bonds is 0. The van der Waals surface area contributed by atoms with E-state index in [0.717, 1.165) is 5.41 Å². The minimum atomic E-state index is 0.898. The Morgan fingerprint density at radius 3 is 1.88 bits per heavy atom. The highest BCUT2D eigenvalue weighted by Gasteiger charge is 2.42. The largest absolute Gasteiger partial charge is 0.0497 e. The van der Waals surface area contributed by atoms with Gasteiger partial charge < -0.3 is 0 Å². The molecule has 2 rings (SSSR count). The molecular weight excluding hydrogens is 96.1 g/mol. The maximum absolute atomic E-state index is 2.45. The Kier molecular flexibility index (Phi) is 0.902. The molecule has 0 aliphatic heterocycles. The van der Waals surface area contributed by atoms with Crippen molar-refractivity contribution in [1.82, 2.24) is 0 Å². The van der Waals surface area contributed by atoms with E-state index in [1.165, 1.54) is 25.7 Å². The maximum atomic E-state index is 2.45. The lowest BCUT2D eigenvalue weighted by Gasteiger charge is -2.19. The van der Waals surface area contributed by atoms with E-state index < -0.39 is 0 Å². The van der Waals surface area contributed by atoms with Crippen LogP contribution in [0.1, 0.15) is 38.5 Å². The molecule has 2 aliphatic rings. The summed E-state index contributed by atoms with van der Waals surface area (Å²) in [5, 5.41) is 0. The Balaban J connectivity index is 1.95. The predicted molar refractivity (Wildman–Crippen MR) is 34.4 cm³/mol. The lowest BCUT2D eigenvalue weighted by atomic mass is 9.87. The van der Waals surface area contributed by atoms with Crippen molar-refractivity contribution in [3.8, 4) is 0 Å². The molecule has 1 spiro atoms. The second-order valence-corrected chi connectivity index (χ2v) is 3.37. The third kappa shape index (κ3) is 0.667. The summed E-state index contributed by atoms with van der Waals surface area (Å²) in [6, 6.07) is 0. The summed E-state index contributed by atoms with van der Waals surface area (Å²) < 4.78 is 0. The van der Waals surface area contributed by atoms with E-state index in [9.17, 15) is 0 Å². The van der Waals surface area contributed by atoms with Crippen molar-refractivity contribution in [2.24, 2.45) is 5.41 Å². The monoisotopic (exact) mass is 109 g/mol. The molecule has 2 saturated carbocycles. The van der Waals surface area contributed by atoms with Crippen molar-refractivity contribution < 1.29 is 0 Å². The SMILES string of the molecule is [CH]1CCC2(CC1)CC2. The van der Waals surface area contributed by atoms with Crippen LogP contribution < -0.4 is 0 Å². The van der Waals surface area contributed by atoms with Crippen LogP contribution in [0.4, 0.5) is 0 Å². The Hall–Kier alpha value is 0. The van der Waals surface area contributed by atoms with Gasteiger partial charge in [-0.15, -0.1) is 0 Å². The molecule has 0 aromatic carbocycles. The summed E-state index contributed by atoms with van der Waals surface area (Å²) in [4.78, 5) is 0. The fraction of sp³-hybridized carbons (Fsp3) is 0.875. The fourth-order valence-electron chi connectivity index (χ4n) is 1.76. The molecule has 8 heavy (non-hydrogen) atoms. The van der Waals surface area contributed by atoms with Crippen LogP contribution in [0.3, 0.4) is 0 Å². The van der Waals surface area contributed by atoms with E-state index in [4.69, 9.17) is 0 Å². The van der Waals surface area contributed by atoms with Crippen LogP contribution in [-0.2, 0) is 0 Å². The van der Waals surface area contributed by atoms with E-state index in [2.05, 4.69) is 6.42 Å². The summed E-state index contributed by atoms with van der Waals surface area (Å²) in [6.45, 7) is 0. The van der Waals surface area contributed by atoms with Gasteiger partial charge >= 0.3 is 0 Å². The average Bonchev–Trinajstić information content (AvgIpc) is 2.52. The van der Waals surface area contributed by atoms with Gasteiger partial charge in [-0.1, -0.05) is 0 Å². The van der Waals surface area contributed by atoms with Gasteiger partial charge in [-0.2, -0.15) is 0 Å². The van der Waals surface area contributed by atoms with Crippen molar-refractivity contribution in [3.63, 3.8) is 0 Å². The molecule has 0 N–H and O–H groups in total. The Morgan fingerprint density at radius 1 is 0.875 bits per heavy atom. The highest BCUT2D eigenvalue weighted by molar-refractivity contribution is 4.97. The molecule has 2 fully saturated rings. The smallest absolute Gasteiger partial charge is 0.0297 e. The molecule has 0 bridgehead atoms. The first-order chi connectivity index (χ1) is 3.91. The minimum Gasteiger partial charge on any atom is -0.0497 e. The van der Waals surface area contributed by atoms with Gasteiger partial charge in [-0.25, -0.2) is 0 Å². The van der Waals surface area contributed by atoms with Crippen molar-refractivity contribution in [2.45, 2.75) is 38.5 Å². The predicted octanol–water partition coefficient (Wildman–Crippen LogP) is 2.54. The van der Waals surface area contributed by atoms with Gasteiger partial charge in [0.05, 0.1) is 0 Å². The zero-order valence-corrected chi connectivity index (χ0v) is 5.32. The van der Waals surface area contributed by atoms with Gasteiger partial charge in [0.25, 0.3) is 0 Å². The Labute approximate surface area is 51.3 Å². The van der Waals surface area contributed by atoms with Gasteiger partial charge in [-0.05, 0) is 50.4 Å². The average molecular weight is 109 g/mol. The van der Waals surface area contributed by atoms with Crippen molar-refractivity contribution >= 4 is 0 Å². The topological polar surface area (TPSA) is 0 Å². The maximum Gasteiger partial charge on any atom is -0.0297 e. The Bertz CT molecular complexity index is 82.2. The molecule has 0 nitrogen and oxygen atoms in total. The van der Waals surface area contributed by atoms with Crippen molar-refractivity contribution in [1.29, 1.82) is 0 Å². The second-order valence-electron chi connectivity index (χ2n) is 3.37. The standard InChI is InChI=1S/C8H13/c1-2-4-8(5-3-1)6-7-8/h1H,2-7H2. The molecule has 0 aromatic heterocycles. The first-order valence-electron chi connectivity index (χ1n) is 3.73. The molecule has 0 saturated heterocycles. The van der Waals surface area contributed by atoms with Crippen LogP contribution in [0, 0.1) is 11.8 Å². The first-order valence-corrected chi connectivity index (χ1v) is 3.73. The zero-order chi connectivity index (χ0) is 5.45. The highest BCUT2D eigenvalue weighted by atomic mass is 14.5. The fourth-order valence-corrected chi connectivity index (χ4v) is 1.76. The van der Waals surface area contributed by atoms with Gasteiger partial charge in [-0.3, -0.25) is 0 Å². The van der Waals surface area contributed by atoms with Gasteiger partial charge in [0, 0.05) is 0 Å². The van der Waals surface area contributed by atoms with Crippen LogP contribution in [0.25, 0.3) is 0 Å². The number of hydrogen-bond acceptors (Lipinski definition) is 0. The lowest BCUT2D eigenvalue weighted by Crippen LogP contribution is -2.05.